The van der Waals surface area contributed by atoms with Crippen molar-refractivity contribution in [1.29, 1.82) is 0 Å². The van der Waals surface area contributed by atoms with Crippen molar-refractivity contribution in [3.63, 3.8) is 0 Å². The van der Waals surface area contributed by atoms with Gasteiger partial charge in [-0.2, -0.15) is 4.72 Å². The van der Waals surface area contributed by atoms with Gasteiger partial charge in [0.15, 0.2) is 0 Å². The smallest absolute Gasteiger partial charge is 0.241 e. The van der Waals surface area contributed by atoms with E-state index in [1.807, 2.05) is 11.5 Å². The number of nitrogens with one attached hydrogen (secondary N) is 2. The zero-order chi connectivity index (χ0) is 17.2. The van der Waals surface area contributed by atoms with Crippen LogP contribution in [0.25, 0.3) is 0 Å². The maximum atomic E-state index is 12.3. The van der Waals surface area contributed by atoms with E-state index in [-0.39, 0.29) is 10.8 Å². The van der Waals surface area contributed by atoms with Gasteiger partial charge in [-0.05, 0) is 25.0 Å². The molecule has 0 saturated carbocycles. The quantitative estimate of drug-likeness (QED) is 0.781. The number of hydrogen-bond donors (Lipinski definition) is 2. The van der Waals surface area contributed by atoms with Gasteiger partial charge in [-0.25, -0.2) is 8.42 Å². The molecule has 1 aliphatic rings. The van der Waals surface area contributed by atoms with Crippen LogP contribution in [0.1, 0.15) is 18.3 Å². The number of aromatic nitrogens is 3. The third-order valence-electron chi connectivity index (χ3n) is 3.98. The van der Waals surface area contributed by atoms with Crippen molar-refractivity contribution in [2.75, 3.05) is 6.54 Å². The fraction of sp³-hybridized carbons (Fsp3) is 0.400. The van der Waals surface area contributed by atoms with Crippen LogP contribution in [0.2, 0.25) is 0 Å². The van der Waals surface area contributed by atoms with Crippen molar-refractivity contribution in [2.24, 2.45) is 0 Å². The third-order valence-corrected chi connectivity index (χ3v) is 5.56. The molecule has 0 unspecified atom stereocenters. The first-order chi connectivity index (χ1) is 11.5. The molecule has 2 heterocycles. The lowest BCUT2D eigenvalue weighted by Gasteiger charge is -2.25. The normalized spacial score (nSPS) is 18.8. The van der Waals surface area contributed by atoms with E-state index in [9.17, 15) is 13.2 Å². The largest absolute Gasteiger partial charge is 0.354 e. The van der Waals surface area contributed by atoms with Crippen LogP contribution in [-0.2, 0) is 34.2 Å². The zero-order valence-corrected chi connectivity index (χ0v) is 14.1. The van der Waals surface area contributed by atoms with Crippen LogP contribution in [0.5, 0.6) is 0 Å². The van der Waals surface area contributed by atoms with E-state index in [0.717, 1.165) is 12.4 Å². The van der Waals surface area contributed by atoms with Gasteiger partial charge in [0.25, 0.3) is 0 Å². The van der Waals surface area contributed by atoms with Crippen molar-refractivity contribution in [3.05, 3.63) is 42.0 Å². The molecule has 24 heavy (non-hydrogen) atoms. The fourth-order valence-electron chi connectivity index (χ4n) is 2.75. The second-order valence-corrected chi connectivity index (χ2v) is 7.24. The fourth-order valence-corrected chi connectivity index (χ4v) is 4.20. The van der Waals surface area contributed by atoms with E-state index in [4.69, 9.17) is 0 Å². The Labute approximate surface area is 140 Å². The molecule has 2 N–H and O–H groups in total. The minimum absolute atomic E-state index is 0.241. The molecular weight excluding hydrogens is 330 g/mol. The van der Waals surface area contributed by atoms with Crippen molar-refractivity contribution >= 4 is 15.9 Å². The predicted molar refractivity (Wildman–Crippen MR) is 86.7 cm³/mol. The van der Waals surface area contributed by atoms with Crippen LogP contribution in [0.4, 0.5) is 0 Å². The summed E-state index contributed by atoms with van der Waals surface area (Å²) in [6.45, 7) is 3.12. The van der Waals surface area contributed by atoms with Gasteiger partial charge < -0.3 is 9.88 Å². The molecule has 1 aliphatic heterocycles. The molecular formula is C15H19N5O3S. The van der Waals surface area contributed by atoms with Crippen LogP contribution < -0.4 is 10.0 Å². The number of benzene rings is 1. The lowest BCUT2D eigenvalue weighted by molar-refractivity contribution is -0.122. The molecule has 1 aromatic carbocycles. The van der Waals surface area contributed by atoms with Crippen LogP contribution in [-0.4, -0.2) is 41.7 Å². The Morgan fingerprint density at radius 2 is 2.21 bits per heavy atom. The average molecular weight is 349 g/mol. The van der Waals surface area contributed by atoms with Crippen LogP contribution >= 0.6 is 0 Å². The second kappa shape index (κ2) is 6.70. The summed E-state index contributed by atoms with van der Waals surface area (Å²) in [5, 5.41) is 10.6. The lowest BCUT2D eigenvalue weighted by Crippen LogP contribution is -2.50. The van der Waals surface area contributed by atoms with Crippen LogP contribution in [0.15, 0.2) is 35.5 Å². The van der Waals surface area contributed by atoms with Crippen molar-refractivity contribution in [1.82, 2.24) is 24.8 Å². The molecule has 1 atom stereocenters. The minimum Gasteiger partial charge on any atom is -0.354 e. The van der Waals surface area contributed by atoms with Crippen molar-refractivity contribution in [3.8, 4) is 0 Å². The Bertz CT molecular complexity index is 846. The van der Waals surface area contributed by atoms with Gasteiger partial charge in [-0.3, -0.25) is 4.79 Å². The molecule has 0 bridgehead atoms. The summed E-state index contributed by atoms with van der Waals surface area (Å²) in [5.74, 6) is 0.447. The van der Waals surface area contributed by atoms with Gasteiger partial charge in [-0.1, -0.05) is 18.2 Å². The van der Waals surface area contributed by atoms with E-state index >= 15 is 0 Å². The highest BCUT2D eigenvalue weighted by molar-refractivity contribution is 7.89. The molecule has 0 fully saturated rings. The maximum absolute atomic E-state index is 12.3. The average Bonchev–Trinajstić information content (AvgIpc) is 3.01. The molecule has 3 rings (SSSR count). The monoisotopic (exact) mass is 349 g/mol. The summed E-state index contributed by atoms with van der Waals surface area (Å²) < 4.78 is 28.8. The molecule has 0 aliphatic carbocycles. The Hall–Kier alpha value is -2.26. The summed E-state index contributed by atoms with van der Waals surface area (Å²) in [7, 11) is -3.65. The Kier molecular flexibility index (Phi) is 4.63. The van der Waals surface area contributed by atoms with Gasteiger partial charge in [0.2, 0.25) is 15.9 Å². The number of amides is 1. The summed E-state index contributed by atoms with van der Waals surface area (Å²) in [6, 6.07) is 5.92. The number of hydrogen-bond acceptors (Lipinski definition) is 5. The van der Waals surface area contributed by atoms with Crippen LogP contribution in [0.3, 0.4) is 0 Å². The zero-order valence-electron chi connectivity index (χ0n) is 13.3. The predicted octanol–water partition coefficient (Wildman–Crippen LogP) is -0.140. The SMILES string of the molecule is CCn1cnnc1CCNC(=O)[C@H]1Cc2ccccc2S(=O)(=O)N1. The number of carbonyl (C=O) groups is 1. The first-order valence-corrected chi connectivity index (χ1v) is 9.24. The van der Waals surface area contributed by atoms with Crippen molar-refractivity contribution < 1.29 is 13.2 Å². The molecule has 1 amide bonds. The Balaban J connectivity index is 1.62. The molecule has 8 nitrogen and oxygen atoms in total. The highest BCUT2D eigenvalue weighted by Gasteiger charge is 2.32. The minimum atomic E-state index is -3.65. The molecule has 0 spiro atoms. The molecule has 128 valence electrons. The van der Waals surface area contributed by atoms with E-state index in [1.54, 1.807) is 30.6 Å². The number of sulfonamides is 1. The highest BCUT2D eigenvalue weighted by Crippen LogP contribution is 2.22. The number of carbonyl (C=O) groups excluding carboxylic acids is 1. The van der Waals surface area contributed by atoms with E-state index in [1.165, 1.54) is 0 Å². The lowest BCUT2D eigenvalue weighted by atomic mass is 10.1. The number of aryl methyl sites for hydroxylation is 1. The molecule has 0 saturated heterocycles. The molecule has 1 aromatic heterocycles. The highest BCUT2D eigenvalue weighted by atomic mass is 32.2. The molecule has 2 aromatic rings. The van der Waals surface area contributed by atoms with Gasteiger partial charge in [-0.15, -0.1) is 10.2 Å². The Morgan fingerprint density at radius 1 is 1.42 bits per heavy atom. The van der Waals surface area contributed by atoms with E-state index in [2.05, 4.69) is 20.2 Å². The van der Waals surface area contributed by atoms with Gasteiger partial charge >= 0.3 is 0 Å². The standard InChI is InChI=1S/C15H19N5O3S/c1-2-20-10-17-18-14(20)7-8-16-15(21)12-9-11-5-3-4-6-13(11)24(22,23)19-12/h3-6,10,12,19H,2,7-9H2,1H3,(H,16,21)/t12-/m1/s1. The first kappa shape index (κ1) is 16.6. The molecule has 9 heteroatoms. The Morgan fingerprint density at radius 3 is 3.00 bits per heavy atom. The topological polar surface area (TPSA) is 106 Å². The number of fused-ring (bicyclic) bond motifs is 1. The van der Waals surface area contributed by atoms with E-state index < -0.39 is 16.1 Å². The van der Waals surface area contributed by atoms with Crippen molar-refractivity contribution in [2.45, 2.75) is 37.2 Å². The summed E-state index contributed by atoms with van der Waals surface area (Å²) in [4.78, 5) is 12.5. The first-order valence-electron chi connectivity index (χ1n) is 7.76. The number of rotatable bonds is 5. The van der Waals surface area contributed by atoms with E-state index in [0.29, 0.717) is 24.9 Å². The van der Waals surface area contributed by atoms with Crippen LogP contribution in [0, 0.1) is 0 Å². The summed E-state index contributed by atoms with van der Waals surface area (Å²) in [6.07, 6.45) is 2.52. The van der Waals surface area contributed by atoms with Gasteiger partial charge in [0, 0.05) is 19.5 Å². The second-order valence-electron chi connectivity index (χ2n) is 5.56. The summed E-state index contributed by atoms with van der Waals surface area (Å²) >= 11 is 0. The maximum Gasteiger partial charge on any atom is 0.241 e. The van der Waals surface area contributed by atoms with Gasteiger partial charge in [0.1, 0.15) is 18.2 Å². The number of nitrogens with zero attached hydrogens (tertiary/aromatic N) is 3. The van der Waals surface area contributed by atoms with Gasteiger partial charge in [0.05, 0.1) is 4.90 Å². The molecule has 0 radical (unpaired) electrons. The third kappa shape index (κ3) is 3.31. The summed E-state index contributed by atoms with van der Waals surface area (Å²) in [5.41, 5.74) is 0.655.